The summed E-state index contributed by atoms with van der Waals surface area (Å²) in [5.74, 6) is -1.29. The van der Waals surface area contributed by atoms with Gasteiger partial charge in [-0.2, -0.15) is 0 Å². The summed E-state index contributed by atoms with van der Waals surface area (Å²) in [4.78, 5) is 24.6. The first kappa shape index (κ1) is 21.5. The second kappa shape index (κ2) is 9.56. The van der Waals surface area contributed by atoms with E-state index in [4.69, 9.17) is 42.1 Å². The average Bonchev–Trinajstić information content (AvgIpc) is 3.02. The van der Waals surface area contributed by atoms with Gasteiger partial charge in [-0.25, -0.2) is 9.59 Å². The fourth-order valence-corrected chi connectivity index (χ4v) is 3.04. The first-order valence-electron chi connectivity index (χ1n) is 8.64. The highest BCUT2D eigenvalue weighted by Crippen LogP contribution is 2.26. The predicted molar refractivity (Wildman–Crippen MR) is 104 cm³/mol. The first-order chi connectivity index (χ1) is 13.9. The van der Waals surface area contributed by atoms with Crippen LogP contribution in [0.15, 0.2) is 48.5 Å². The molecule has 2 aromatic rings. The zero-order valence-corrected chi connectivity index (χ0v) is 16.8. The van der Waals surface area contributed by atoms with Crippen molar-refractivity contribution in [2.24, 2.45) is 0 Å². The molecule has 1 fully saturated rings. The van der Waals surface area contributed by atoms with Gasteiger partial charge in [0.2, 0.25) is 0 Å². The Morgan fingerprint density at radius 3 is 2.00 bits per heavy atom. The van der Waals surface area contributed by atoms with Gasteiger partial charge >= 0.3 is 11.9 Å². The molecule has 0 radical (unpaired) electrons. The molecule has 3 rings (SSSR count). The van der Waals surface area contributed by atoms with Crippen molar-refractivity contribution in [3.8, 4) is 0 Å². The lowest BCUT2D eigenvalue weighted by atomic mass is 10.1. The molecule has 0 amide bonds. The Morgan fingerprint density at radius 1 is 0.966 bits per heavy atom. The van der Waals surface area contributed by atoms with E-state index in [9.17, 15) is 14.7 Å². The Bertz CT molecular complexity index is 854. The summed E-state index contributed by atoms with van der Waals surface area (Å²) in [7, 11) is 1.34. The summed E-state index contributed by atoms with van der Waals surface area (Å²) in [5, 5.41) is 11.3. The number of rotatable bonds is 6. The normalized spacial score (nSPS) is 23.6. The van der Waals surface area contributed by atoms with Crippen LogP contribution in [0.3, 0.4) is 0 Å². The number of aliphatic hydroxyl groups is 1. The number of methoxy groups -OCH3 is 1. The van der Waals surface area contributed by atoms with Crippen LogP contribution in [-0.4, -0.2) is 55.4 Å². The highest BCUT2D eigenvalue weighted by atomic mass is 35.5. The largest absolute Gasteiger partial charge is 0.459 e. The van der Waals surface area contributed by atoms with Crippen molar-refractivity contribution >= 4 is 35.1 Å². The van der Waals surface area contributed by atoms with Gasteiger partial charge in [-0.1, -0.05) is 23.2 Å². The third-order valence-electron chi connectivity index (χ3n) is 4.30. The molecule has 7 nitrogen and oxygen atoms in total. The molecule has 1 saturated heterocycles. The molecular formula is C20H18Cl2O7. The Kier molecular flexibility index (Phi) is 7.10. The highest BCUT2D eigenvalue weighted by molar-refractivity contribution is 6.30. The number of hydrogen-bond donors (Lipinski definition) is 1. The van der Waals surface area contributed by atoms with Gasteiger partial charge < -0.3 is 24.1 Å². The van der Waals surface area contributed by atoms with Crippen molar-refractivity contribution in [2.45, 2.75) is 24.6 Å². The SMILES string of the molecule is COC1O[C@H](COC(=O)c2ccc(Cl)cc2)[C@H](OC(=O)c2ccc(Cl)cc2)[C@H]1O. The maximum absolute atomic E-state index is 12.4. The zero-order valence-electron chi connectivity index (χ0n) is 15.3. The van der Waals surface area contributed by atoms with Gasteiger partial charge in [0.05, 0.1) is 11.1 Å². The Morgan fingerprint density at radius 2 is 1.48 bits per heavy atom. The van der Waals surface area contributed by atoms with Crippen LogP contribution in [0.2, 0.25) is 10.0 Å². The molecule has 0 saturated carbocycles. The molecule has 154 valence electrons. The third-order valence-corrected chi connectivity index (χ3v) is 4.81. The molecule has 0 spiro atoms. The Labute approximate surface area is 177 Å². The van der Waals surface area contributed by atoms with Crippen LogP contribution in [-0.2, 0) is 18.9 Å². The number of halogens is 2. The summed E-state index contributed by atoms with van der Waals surface area (Å²) in [5.41, 5.74) is 0.547. The molecule has 0 aliphatic carbocycles. The van der Waals surface area contributed by atoms with Crippen LogP contribution >= 0.6 is 23.2 Å². The average molecular weight is 441 g/mol. The lowest BCUT2D eigenvalue weighted by Crippen LogP contribution is -2.39. The Hall–Kier alpha value is -2.16. The second-order valence-electron chi connectivity index (χ2n) is 6.25. The van der Waals surface area contributed by atoms with E-state index in [0.29, 0.717) is 15.6 Å². The zero-order chi connectivity index (χ0) is 21.0. The summed E-state index contributed by atoms with van der Waals surface area (Å²) < 4.78 is 21.2. The molecule has 9 heteroatoms. The van der Waals surface area contributed by atoms with Gasteiger partial charge in [0.25, 0.3) is 0 Å². The van der Waals surface area contributed by atoms with E-state index in [2.05, 4.69) is 0 Å². The standard InChI is InChI=1S/C20H18Cl2O7/c1-26-20-16(23)17(29-19(25)12-4-8-14(22)9-5-12)15(28-20)10-27-18(24)11-2-6-13(21)7-3-11/h2-9,15-17,20,23H,10H2,1H3/t15-,16-,17+,20?/m1/s1. The minimum Gasteiger partial charge on any atom is -0.459 e. The van der Waals surface area contributed by atoms with Crippen molar-refractivity contribution < 1.29 is 33.6 Å². The fourth-order valence-electron chi connectivity index (χ4n) is 2.78. The lowest BCUT2D eigenvalue weighted by molar-refractivity contribution is -0.153. The monoisotopic (exact) mass is 440 g/mol. The van der Waals surface area contributed by atoms with Crippen LogP contribution < -0.4 is 0 Å². The molecule has 1 aliphatic rings. The quantitative estimate of drug-likeness (QED) is 0.689. The number of esters is 2. The van der Waals surface area contributed by atoms with Gasteiger partial charge in [-0.3, -0.25) is 0 Å². The van der Waals surface area contributed by atoms with E-state index < -0.39 is 36.5 Å². The van der Waals surface area contributed by atoms with E-state index >= 15 is 0 Å². The fraction of sp³-hybridized carbons (Fsp3) is 0.300. The van der Waals surface area contributed by atoms with Crippen LogP contribution in [0.4, 0.5) is 0 Å². The van der Waals surface area contributed by atoms with Crippen LogP contribution in [0.25, 0.3) is 0 Å². The third kappa shape index (κ3) is 5.26. The molecule has 0 bridgehead atoms. The van der Waals surface area contributed by atoms with Crippen molar-refractivity contribution in [1.29, 1.82) is 0 Å². The lowest BCUT2D eigenvalue weighted by Gasteiger charge is -2.20. The van der Waals surface area contributed by atoms with Gasteiger partial charge in [-0.15, -0.1) is 0 Å². The molecule has 29 heavy (non-hydrogen) atoms. The molecule has 1 heterocycles. The molecule has 1 N–H and O–H groups in total. The highest BCUT2D eigenvalue weighted by Gasteiger charge is 2.47. The number of aliphatic hydroxyl groups excluding tert-OH is 1. The van der Waals surface area contributed by atoms with E-state index in [1.54, 1.807) is 24.3 Å². The molecule has 4 atom stereocenters. The molecular weight excluding hydrogens is 423 g/mol. The van der Waals surface area contributed by atoms with Crippen molar-refractivity contribution in [3.63, 3.8) is 0 Å². The number of benzene rings is 2. The summed E-state index contributed by atoms with van der Waals surface area (Å²) in [6.45, 7) is -0.253. The van der Waals surface area contributed by atoms with E-state index in [1.807, 2.05) is 0 Å². The van der Waals surface area contributed by atoms with Crippen molar-refractivity contribution in [2.75, 3.05) is 13.7 Å². The summed E-state index contributed by atoms with van der Waals surface area (Å²) in [6, 6.07) is 12.2. The van der Waals surface area contributed by atoms with Crippen LogP contribution in [0.5, 0.6) is 0 Å². The molecule has 1 unspecified atom stereocenters. The number of hydrogen-bond acceptors (Lipinski definition) is 7. The molecule has 1 aliphatic heterocycles. The van der Waals surface area contributed by atoms with Gasteiger partial charge in [-0.05, 0) is 48.5 Å². The number of carbonyl (C=O) groups excluding carboxylic acids is 2. The van der Waals surface area contributed by atoms with E-state index in [1.165, 1.54) is 31.4 Å². The molecule has 0 aromatic heterocycles. The minimum absolute atomic E-state index is 0.249. The number of ether oxygens (including phenoxy) is 4. The maximum atomic E-state index is 12.4. The van der Waals surface area contributed by atoms with Crippen molar-refractivity contribution in [3.05, 3.63) is 69.7 Å². The summed E-state index contributed by atoms with van der Waals surface area (Å²) >= 11 is 11.6. The van der Waals surface area contributed by atoms with Crippen molar-refractivity contribution in [1.82, 2.24) is 0 Å². The van der Waals surface area contributed by atoms with Gasteiger partial charge in [0, 0.05) is 17.2 Å². The van der Waals surface area contributed by atoms with E-state index in [-0.39, 0.29) is 12.2 Å². The number of carbonyl (C=O) groups is 2. The minimum atomic E-state index is -1.25. The summed E-state index contributed by atoms with van der Waals surface area (Å²) in [6.07, 6.45) is -4.30. The first-order valence-corrected chi connectivity index (χ1v) is 9.40. The maximum Gasteiger partial charge on any atom is 0.338 e. The van der Waals surface area contributed by atoms with E-state index in [0.717, 1.165) is 0 Å². The molecule has 2 aromatic carbocycles. The predicted octanol–water partition coefficient (Wildman–Crippen LogP) is 3.11. The Balaban J connectivity index is 1.66. The van der Waals surface area contributed by atoms with Crippen LogP contribution in [0.1, 0.15) is 20.7 Å². The van der Waals surface area contributed by atoms with Gasteiger partial charge in [0.15, 0.2) is 12.4 Å². The van der Waals surface area contributed by atoms with Gasteiger partial charge in [0.1, 0.15) is 18.8 Å². The van der Waals surface area contributed by atoms with Crippen LogP contribution in [0, 0.1) is 0 Å². The second-order valence-corrected chi connectivity index (χ2v) is 7.12. The topological polar surface area (TPSA) is 91.3 Å². The smallest absolute Gasteiger partial charge is 0.338 e.